The van der Waals surface area contributed by atoms with Crippen molar-refractivity contribution in [3.05, 3.63) is 48.8 Å². The molecule has 1 aromatic carbocycles. The second kappa shape index (κ2) is 8.47. The molecule has 0 bridgehead atoms. The van der Waals surface area contributed by atoms with E-state index in [-0.39, 0.29) is 17.3 Å². The van der Waals surface area contributed by atoms with Crippen LogP contribution in [-0.2, 0) is 14.8 Å². The number of sulfonamides is 1. The van der Waals surface area contributed by atoms with Crippen molar-refractivity contribution in [2.45, 2.75) is 4.90 Å². The summed E-state index contributed by atoms with van der Waals surface area (Å²) in [6.07, 6.45) is 2.89. The van der Waals surface area contributed by atoms with Crippen LogP contribution in [0.3, 0.4) is 0 Å². The molecule has 1 aromatic heterocycles. The van der Waals surface area contributed by atoms with E-state index in [4.69, 9.17) is 4.74 Å². The zero-order valence-electron chi connectivity index (χ0n) is 15.0. The zero-order valence-corrected chi connectivity index (χ0v) is 15.9. The third-order valence-electron chi connectivity index (χ3n) is 4.34. The Labute approximate surface area is 158 Å². The van der Waals surface area contributed by atoms with E-state index in [9.17, 15) is 13.2 Å². The van der Waals surface area contributed by atoms with Crippen molar-refractivity contribution in [1.82, 2.24) is 14.2 Å². The number of aromatic nitrogens is 1. The molecule has 8 nitrogen and oxygen atoms in total. The van der Waals surface area contributed by atoms with Crippen molar-refractivity contribution in [3.8, 4) is 5.75 Å². The standard InChI is InChI=1S/C18H22N4O4S/c1-26-16-6-4-15(5-7-16)20-18(23)14-21-9-11-22(12-10-21)27(24,25)17-3-2-8-19-13-17/h2-8,13H,9-12,14H2,1H3,(H,20,23). The number of hydrogen-bond donors (Lipinski definition) is 1. The molecule has 0 atom stereocenters. The first kappa shape index (κ1) is 19.3. The van der Waals surface area contributed by atoms with Gasteiger partial charge in [-0.15, -0.1) is 0 Å². The van der Waals surface area contributed by atoms with Crippen molar-refractivity contribution < 1.29 is 17.9 Å². The number of hydrogen-bond acceptors (Lipinski definition) is 6. The number of methoxy groups -OCH3 is 1. The van der Waals surface area contributed by atoms with Gasteiger partial charge in [-0.05, 0) is 36.4 Å². The summed E-state index contributed by atoms with van der Waals surface area (Å²) < 4.78 is 31.7. The number of rotatable bonds is 6. The average molecular weight is 390 g/mol. The molecule has 1 amide bonds. The number of anilines is 1. The van der Waals surface area contributed by atoms with Gasteiger partial charge in [0.25, 0.3) is 0 Å². The number of nitrogens with one attached hydrogen (secondary N) is 1. The lowest BCUT2D eigenvalue weighted by Crippen LogP contribution is -2.50. The molecule has 2 heterocycles. The molecule has 2 aromatic rings. The predicted octanol–water partition coefficient (Wildman–Crippen LogP) is 1.04. The Bertz CT molecular complexity index is 864. The van der Waals surface area contributed by atoms with Crippen LogP contribution in [0, 0.1) is 0 Å². The second-order valence-corrected chi connectivity index (χ2v) is 8.08. The highest BCUT2D eigenvalue weighted by atomic mass is 32.2. The quantitative estimate of drug-likeness (QED) is 0.792. The molecule has 0 saturated carbocycles. The van der Waals surface area contributed by atoms with Gasteiger partial charge in [-0.3, -0.25) is 14.7 Å². The molecular weight excluding hydrogens is 368 g/mol. The Hall–Kier alpha value is -2.49. The van der Waals surface area contributed by atoms with Gasteiger partial charge in [0.15, 0.2) is 0 Å². The summed E-state index contributed by atoms with van der Waals surface area (Å²) in [5.74, 6) is 0.586. The van der Waals surface area contributed by atoms with Crippen LogP contribution in [0.5, 0.6) is 5.75 Å². The molecule has 1 N–H and O–H groups in total. The van der Waals surface area contributed by atoms with Gasteiger partial charge in [-0.25, -0.2) is 8.42 Å². The summed E-state index contributed by atoms with van der Waals surface area (Å²) in [7, 11) is -1.95. The Balaban J connectivity index is 1.51. The Morgan fingerprint density at radius 1 is 1.15 bits per heavy atom. The van der Waals surface area contributed by atoms with E-state index in [1.165, 1.54) is 16.6 Å². The molecule has 3 rings (SSSR count). The average Bonchev–Trinajstić information content (AvgIpc) is 2.69. The number of amides is 1. The molecule has 1 fully saturated rings. The number of nitrogens with zero attached hydrogens (tertiary/aromatic N) is 3. The van der Waals surface area contributed by atoms with Crippen molar-refractivity contribution in [3.63, 3.8) is 0 Å². The lowest BCUT2D eigenvalue weighted by molar-refractivity contribution is -0.117. The van der Waals surface area contributed by atoms with Crippen LogP contribution in [-0.4, -0.2) is 68.3 Å². The third kappa shape index (κ3) is 4.82. The number of pyridine rings is 1. The van der Waals surface area contributed by atoms with Gasteiger partial charge >= 0.3 is 0 Å². The second-order valence-electron chi connectivity index (χ2n) is 6.15. The topological polar surface area (TPSA) is 91.8 Å². The molecule has 1 aliphatic heterocycles. The van der Waals surface area contributed by atoms with Gasteiger partial charge in [-0.1, -0.05) is 0 Å². The van der Waals surface area contributed by atoms with Crippen molar-refractivity contribution >= 4 is 21.6 Å². The highest BCUT2D eigenvalue weighted by Crippen LogP contribution is 2.17. The van der Waals surface area contributed by atoms with Crippen LogP contribution in [0.4, 0.5) is 5.69 Å². The number of ether oxygens (including phenoxy) is 1. The summed E-state index contributed by atoms with van der Waals surface area (Å²) in [5.41, 5.74) is 0.693. The first-order chi connectivity index (χ1) is 13.0. The summed E-state index contributed by atoms with van der Waals surface area (Å²) in [6, 6.07) is 10.2. The third-order valence-corrected chi connectivity index (χ3v) is 6.23. The van der Waals surface area contributed by atoms with E-state index in [2.05, 4.69) is 10.3 Å². The van der Waals surface area contributed by atoms with Crippen LogP contribution in [0.15, 0.2) is 53.7 Å². The van der Waals surface area contributed by atoms with Crippen LogP contribution < -0.4 is 10.1 Å². The SMILES string of the molecule is COc1ccc(NC(=O)CN2CCN(S(=O)(=O)c3cccnc3)CC2)cc1. The molecule has 0 aliphatic carbocycles. The Morgan fingerprint density at radius 3 is 2.44 bits per heavy atom. The number of piperazine rings is 1. The largest absolute Gasteiger partial charge is 0.497 e. The normalized spacial score (nSPS) is 16.0. The molecule has 9 heteroatoms. The van der Waals surface area contributed by atoms with Gasteiger partial charge in [0, 0.05) is 44.3 Å². The first-order valence-corrected chi connectivity index (χ1v) is 9.99. The first-order valence-electron chi connectivity index (χ1n) is 8.55. The van der Waals surface area contributed by atoms with Gasteiger partial charge in [0.05, 0.1) is 13.7 Å². The fraction of sp³-hybridized carbons (Fsp3) is 0.333. The summed E-state index contributed by atoms with van der Waals surface area (Å²) in [6.45, 7) is 1.89. The van der Waals surface area contributed by atoms with E-state index in [1.54, 1.807) is 43.6 Å². The van der Waals surface area contributed by atoms with E-state index in [0.29, 0.717) is 31.9 Å². The van der Waals surface area contributed by atoms with Gasteiger partial charge in [-0.2, -0.15) is 4.31 Å². The highest BCUT2D eigenvalue weighted by Gasteiger charge is 2.29. The van der Waals surface area contributed by atoms with Crippen molar-refractivity contribution in [2.75, 3.05) is 45.2 Å². The van der Waals surface area contributed by atoms with Crippen LogP contribution >= 0.6 is 0 Å². The van der Waals surface area contributed by atoms with E-state index in [1.807, 2.05) is 4.90 Å². The molecule has 1 aliphatic rings. The molecule has 0 spiro atoms. The lowest BCUT2D eigenvalue weighted by atomic mass is 10.3. The maximum absolute atomic E-state index is 12.6. The summed E-state index contributed by atoms with van der Waals surface area (Å²) in [5, 5.41) is 2.83. The van der Waals surface area contributed by atoms with Crippen LogP contribution in [0.2, 0.25) is 0 Å². The predicted molar refractivity (Wildman–Crippen MR) is 101 cm³/mol. The highest BCUT2D eigenvalue weighted by molar-refractivity contribution is 7.89. The fourth-order valence-corrected chi connectivity index (χ4v) is 4.24. The minimum absolute atomic E-state index is 0.135. The van der Waals surface area contributed by atoms with Gasteiger partial charge < -0.3 is 10.1 Å². The minimum atomic E-state index is -3.54. The molecule has 0 unspecified atom stereocenters. The van der Waals surface area contributed by atoms with E-state index < -0.39 is 10.0 Å². The smallest absolute Gasteiger partial charge is 0.244 e. The Kier molecular flexibility index (Phi) is 6.04. The van der Waals surface area contributed by atoms with Gasteiger partial charge in [0.1, 0.15) is 10.6 Å². The summed E-state index contributed by atoms with van der Waals surface area (Å²) >= 11 is 0. The molecule has 144 valence electrons. The van der Waals surface area contributed by atoms with E-state index in [0.717, 1.165) is 5.75 Å². The molecule has 0 radical (unpaired) electrons. The van der Waals surface area contributed by atoms with Crippen molar-refractivity contribution in [1.29, 1.82) is 0 Å². The maximum Gasteiger partial charge on any atom is 0.244 e. The lowest BCUT2D eigenvalue weighted by Gasteiger charge is -2.33. The monoisotopic (exact) mass is 390 g/mol. The van der Waals surface area contributed by atoms with E-state index >= 15 is 0 Å². The molecule has 1 saturated heterocycles. The minimum Gasteiger partial charge on any atom is -0.497 e. The Morgan fingerprint density at radius 2 is 1.85 bits per heavy atom. The number of carbonyl (C=O) groups excluding carboxylic acids is 1. The zero-order chi connectivity index (χ0) is 19.3. The fourth-order valence-electron chi connectivity index (χ4n) is 2.85. The summed E-state index contributed by atoms with van der Waals surface area (Å²) in [4.78, 5) is 18.2. The number of carbonyl (C=O) groups is 1. The van der Waals surface area contributed by atoms with Gasteiger partial charge in [0.2, 0.25) is 15.9 Å². The maximum atomic E-state index is 12.6. The number of benzene rings is 1. The van der Waals surface area contributed by atoms with Crippen molar-refractivity contribution in [2.24, 2.45) is 0 Å². The molecule has 27 heavy (non-hydrogen) atoms. The molecular formula is C18H22N4O4S. The van der Waals surface area contributed by atoms with Crippen LogP contribution in [0.25, 0.3) is 0 Å². The van der Waals surface area contributed by atoms with Crippen LogP contribution in [0.1, 0.15) is 0 Å².